The van der Waals surface area contributed by atoms with Gasteiger partial charge in [0.2, 0.25) is 5.43 Å². The average Bonchev–Trinajstić information content (AvgIpc) is 2.36. The van der Waals surface area contributed by atoms with Crippen LogP contribution in [-0.4, -0.2) is 29.1 Å². The number of aromatic hydroxyl groups is 1. The Morgan fingerprint density at radius 1 is 1.56 bits per heavy atom. The minimum absolute atomic E-state index is 0.342. The number of nitrogens with two attached hydrogens (primary N) is 1. The van der Waals surface area contributed by atoms with Gasteiger partial charge in [-0.1, -0.05) is 0 Å². The van der Waals surface area contributed by atoms with Gasteiger partial charge >= 0.3 is 0 Å². The van der Waals surface area contributed by atoms with Gasteiger partial charge < -0.3 is 15.3 Å². The third-order valence-electron chi connectivity index (χ3n) is 3.67. The molecule has 18 heavy (non-hydrogen) atoms. The van der Waals surface area contributed by atoms with Gasteiger partial charge in [-0.3, -0.25) is 9.69 Å². The molecular formula is C13H20N2O3. The molecule has 0 aromatic carbocycles. The summed E-state index contributed by atoms with van der Waals surface area (Å²) in [6.45, 7) is 4.39. The van der Waals surface area contributed by atoms with E-state index in [-0.39, 0.29) is 5.75 Å². The maximum Gasteiger partial charge on any atom is 0.226 e. The van der Waals surface area contributed by atoms with Crippen molar-refractivity contribution in [3.63, 3.8) is 0 Å². The van der Waals surface area contributed by atoms with E-state index in [0.29, 0.717) is 30.8 Å². The second kappa shape index (κ2) is 5.54. The van der Waals surface area contributed by atoms with Gasteiger partial charge in [-0.25, -0.2) is 0 Å². The molecule has 5 heteroatoms. The average molecular weight is 252 g/mol. The van der Waals surface area contributed by atoms with Crippen LogP contribution in [0.1, 0.15) is 25.5 Å². The van der Waals surface area contributed by atoms with Gasteiger partial charge in [0.1, 0.15) is 12.0 Å². The van der Waals surface area contributed by atoms with Crippen LogP contribution in [0.25, 0.3) is 0 Å². The molecule has 1 aromatic rings. The van der Waals surface area contributed by atoms with Crippen LogP contribution in [0.15, 0.2) is 21.5 Å². The summed E-state index contributed by atoms with van der Waals surface area (Å²) in [7, 11) is 0. The SMILES string of the molecule is CC1CCC(CN)CN1Cc1cc(=O)c(O)co1. The fourth-order valence-electron chi connectivity index (χ4n) is 2.40. The molecule has 0 saturated carbocycles. The fraction of sp³-hybridized carbons (Fsp3) is 0.615. The summed E-state index contributed by atoms with van der Waals surface area (Å²) in [6, 6.07) is 1.82. The Morgan fingerprint density at radius 2 is 2.33 bits per heavy atom. The summed E-state index contributed by atoms with van der Waals surface area (Å²) < 4.78 is 5.24. The molecular weight excluding hydrogens is 232 g/mol. The lowest BCUT2D eigenvalue weighted by Crippen LogP contribution is -2.43. The van der Waals surface area contributed by atoms with Crippen molar-refractivity contribution in [2.75, 3.05) is 13.1 Å². The van der Waals surface area contributed by atoms with E-state index in [9.17, 15) is 4.79 Å². The van der Waals surface area contributed by atoms with Crippen molar-refractivity contribution in [2.24, 2.45) is 11.7 Å². The summed E-state index contributed by atoms with van der Waals surface area (Å²) in [5.74, 6) is 0.762. The molecule has 0 amide bonds. The molecule has 0 aliphatic carbocycles. The summed E-state index contributed by atoms with van der Waals surface area (Å²) >= 11 is 0. The Morgan fingerprint density at radius 3 is 3.00 bits per heavy atom. The molecule has 1 saturated heterocycles. The van der Waals surface area contributed by atoms with Crippen LogP contribution < -0.4 is 11.2 Å². The molecule has 1 aromatic heterocycles. The zero-order valence-electron chi connectivity index (χ0n) is 10.6. The van der Waals surface area contributed by atoms with E-state index in [0.717, 1.165) is 25.6 Å². The highest BCUT2D eigenvalue weighted by Gasteiger charge is 2.25. The van der Waals surface area contributed by atoms with Gasteiger partial charge in [0.05, 0.1) is 6.54 Å². The van der Waals surface area contributed by atoms with Crippen LogP contribution in [0.2, 0.25) is 0 Å². The standard InChI is InChI=1S/C13H20N2O3/c1-9-2-3-10(5-14)6-15(9)7-11-4-12(16)13(17)8-18-11/h4,8-10,17H,2-3,5-7,14H2,1H3. The Bertz CT molecular complexity index is 458. The van der Waals surface area contributed by atoms with E-state index in [1.165, 1.54) is 6.07 Å². The Kier molecular flexibility index (Phi) is 4.04. The lowest BCUT2D eigenvalue weighted by Gasteiger charge is -2.37. The fourth-order valence-corrected chi connectivity index (χ4v) is 2.40. The molecule has 2 atom stereocenters. The molecule has 5 nitrogen and oxygen atoms in total. The number of rotatable bonds is 3. The van der Waals surface area contributed by atoms with Crippen molar-refractivity contribution in [3.05, 3.63) is 28.3 Å². The Hall–Kier alpha value is -1.33. The highest BCUT2D eigenvalue weighted by atomic mass is 16.4. The van der Waals surface area contributed by atoms with E-state index in [1.54, 1.807) is 0 Å². The first kappa shape index (κ1) is 13.1. The first-order valence-corrected chi connectivity index (χ1v) is 6.35. The number of piperidine rings is 1. The maximum absolute atomic E-state index is 11.3. The molecule has 0 spiro atoms. The van der Waals surface area contributed by atoms with Crippen molar-refractivity contribution in [3.8, 4) is 5.75 Å². The minimum Gasteiger partial charge on any atom is -0.502 e. The van der Waals surface area contributed by atoms with Gasteiger partial charge in [-0.05, 0) is 32.2 Å². The van der Waals surface area contributed by atoms with E-state index in [1.807, 2.05) is 0 Å². The van der Waals surface area contributed by atoms with Gasteiger partial charge in [0, 0.05) is 18.7 Å². The Labute approximate surface area is 106 Å². The molecule has 2 heterocycles. The third kappa shape index (κ3) is 2.91. The highest BCUT2D eigenvalue weighted by Crippen LogP contribution is 2.22. The molecule has 1 fully saturated rings. The predicted octanol–water partition coefficient (Wildman–Crippen LogP) is 0.905. The van der Waals surface area contributed by atoms with Crippen LogP contribution in [0.4, 0.5) is 0 Å². The van der Waals surface area contributed by atoms with Crippen LogP contribution >= 0.6 is 0 Å². The summed E-state index contributed by atoms with van der Waals surface area (Å²) in [5.41, 5.74) is 5.32. The zero-order valence-corrected chi connectivity index (χ0v) is 10.6. The van der Waals surface area contributed by atoms with E-state index in [4.69, 9.17) is 15.3 Å². The molecule has 2 unspecified atom stereocenters. The van der Waals surface area contributed by atoms with Crippen LogP contribution in [0.3, 0.4) is 0 Å². The van der Waals surface area contributed by atoms with Crippen molar-refractivity contribution in [1.29, 1.82) is 0 Å². The lowest BCUT2D eigenvalue weighted by atomic mass is 9.93. The number of nitrogens with zero attached hydrogens (tertiary/aromatic N) is 1. The molecule has 0 radical (unpaired) electrons. The minimum atomic E-state index is -0.392. The topological polar surface area (TPSA) is 79.7 Å². The van der Waals surface area contributed by atoms with Crippen molar-refractivity contribution in [2.45, 2.75) is 32.4 Å². The van der Waals surface area contributed by atoms with E-state index < -0.39 is 5.43 Å². The number of hydrogen-bond donors (Lipinski definition) is 2. The second-order valence-electron chi connectivity index (χ2n) is 5.05. The first-order valence-electron chi connectivity index (χ1n) is 6.35. The van der Waals surface area contributed by atoms with Crippen molar-refractivity contribution >= 4 is 0 Å². The van der Waals surface area contributed by atoms with E-state index >= 15 is 0 Å². The monoisotopic (exact) mass is 252 g/mol. The maximum atomic E-state index is 11.3. The predicted molar refractivity (Wildman–Crippen MR) is 68.3 cm³/mol. The van der Waals surface area contributed by atoms with Gasteiger partial charge in [-0.15, -0.1) is 0 Å². The molecule has 100 valence electrons. The second-order valence-corrected chi connectivity index (χ2v) is 5.05. The highest BCUT2D eigenvalue weighted by molar-refractivity contribution is 5.15. The molecule has 1 aliphatic rings. The largest absolute Gasteiger partial charge is 0.502 e. The molecule has 2 rings (SSSR count). The number of hydrogen-bond acceptors (Lipinski definition) is 5. The quantitative estimate of drug-likeness (QED) is 0.835. The summed E-state index contributed by atoms with van der Waals surface area (Å²) in [4.78, 5) is 13.6. The summed E-state index contributed by atoms with van der Waals surface area (Å²) in [6.07, 6.45) is 3.38. The lowest BCUT2D eigenvalue weighted by molar-refractivity contribution is 0.104. The van der Waals surface area contributed by atoms with E-state index in [2.05, 4.69) is 11.8 Å². The van der Waals surface area contributed by atoms with Crippen molar-refractivity contribution in [1.82, 2.24) is 4.90 Å². The van der Waals surface area contributed by atoms with Crippen molar-refractivity contribution < 1.29 is 9.52 Å². The number of likely N-dealkylation sites (tertiary alicyclic amines) is 1. The normalized spacial score (nSPS) is 25.2. The molecule has 3 N–H and O–H groups in total. The van der Waals surface area contributed by atoms with Gasteiger partial charge in [0.15, 0.2) is 5.75 Å². The Balaban J connectivity index is 2.07. The zero-order chi connectivity index (χ0) is 13.1. The van der Waals surface area contributed by atoms with Gasteiger partial charge in [-0.2, -0.15) is 0 Å². The molecule has 0 bridgehead atoms. The third-order valence-corrected chi connectivity index (χ3v) is 3.67. The van der Waals surface area contributed by atoms with Crippen LogP contribution in [-0.2, 0) is 6.54 Å². The van der Waals surface area contributed by atoms with Crippen LogP contribution in [0.5, 0.6) is 5.75 Å². The summed E-state index contributed by atoms with van der Waals surface area (Å²) in [5, 5.41) is 9.15. The smallest absolute Gasteiger partial charge is 0.226 e. The molecule has 1 aliphatic heterocycles. The van der Waals surface area contributed by atoms with Gasteiger partial charge in [0.25, 0.3) is 0 Å². The van der Waals surface area contributed by atoms with Crippen LogP contribution in [0, 0.1) is 5.92 Å². The first-order chi connectivity index (χ1) is 8.60.